The van der Waals surface area contributed by atoms with Gasteiger partial charge in [-0.3, -0.25) is 9.59 Å². The number of carbonyl (C=O) groups excluding carboxylic acids is 2. The summed E-state index contributed by atoms with van der Waals surface area (Å²) in [6.45, 7) is 6.22. The summed E-state index contributed by atoms with van der Waals surface area (Å²) in [5, 5.41) is 19.1. The Bertz CT molecular complexity index is 1280. The predicted octanol–water partition coefficient (Wildman–Crippen LogP) is 5.79. The van der Waals surface area contributed by atoms with Gasteiger partial charge in [0.25, 0.3) is 5.91 Å². The molecule has 8 heteroatoms. The number of rotatable bonds is 11. The van der Waals surface area contributed by atoms with Gasteiger partial charge >= 0.3 is 0 Å². The van der Waals surface area contributed by atoms with Crippen LogP contribution in [-0.2, 0) is 9.59 Å². The van der Waals surface area contributed by atoms with Gasteiger partial charge in [-0.05, 0) is 62.2 Å². The van der Waals surface area contributed by atoms with E-state index in [2.05, 4.69) is 16.0 Å². The van der Waals surface area contributed by atoms with Crippen molar-refractivity contribution in [2.45, 2.75) is 26.8 Å². The van der Waals surface area contributed by atoms with Crippen molar-refractivity contribution in [1.29, 1.82) is 5.26 Å². The van der Waals surface area contributed by atoms with Crippen LogP contribution in [0.1, 0.15) is 31.0 Å². The molecule has 0 spiro atoms. The summed E-state index contributed by atoms with van der Waals surface area (Å²) >= 11 is 1.09. The number of para-hydroxylation sites is 1. The zero-order chi connectivity index (χ0) is 26.6. The smallest absolute Gasteiger partial charge is 0.269 e. The summed E-state index contributed by atoms with van der Waals surface area (Å²) in [6.07, 6.45) is 0. The summed E-state index contributed by atoms with van der Waals surface area (Å²) in [4.78, 5) is 25.8. The quantitative estimate of drug-likeness (QED) is 0.221. The minimum Gasteiger partial charge on any atom is -0.494 e. The average Bonchev–Trinajstić information content (AvgIpc) is 2.90. The van der Waals surface area contributed by atoms with Gasteiger partial charge in [-0.1, -0.05) is 60.3 Å². The number of amides is 2. The molecule has 3 rings (SSSR count). The van der Waals surface area contributed by atoms with E-state index in [0.29, 0.717) is 23.7 Å². The van der Waals surface area contributed by atoms with E-state index in [0.717, 1.165) is 22.9 Å². The summed E-state index contributed by atoms with van der Waals surface area (Å²) in [5.41, 5.74) is 3.00. The molecule has 0 bridgehead atoms. The Labute approximate surface area is 221 Å². The van der Waals surface area contributed by atoms with Crippen LogP contribution in [0.25, 0.3) is 0 Å². The molecule has 0 fully saturated rings. The maximum Gasteiger partial charge on any atom is 0.269 e. The fraction of sp³-hybridized carbons (Fsp3) is 0.207. The number of nitrogens with zero attached hydrogens (tertiary/aromatic N) is 1. The van der Waals surface area contributed by atoms with Gasteiger partial charge in [0, 0.05) is 11.4 Å². The lowest BCUT2D eigenvalue weighted by Gasteiger charge is -2.16. The molecule has 3 N–H and O–H groups in total. The normalized spacial score (nSPS) is 11.9. The number of aryl methyl sites for hydroxylation is 1. The van der Waals surface area contributed by atoms with Crippen LogP contribution in [0.4, 0.5) is 11.4 Å². The van der Waals surface area contributed by atoms with Gasteiger partial charge in [-0.2, -0.15) is 5.26 Å². The van der Waals surface area contributed by atoms with Crippen molar-refractivity contribution in [2.75, 3.05) is 23.0 Å². The number of benzene rings is 3. The molecule has 2 amide bonds. The van der Waals surface area contributed by atoms with Crippen molar-refractivity contribution in [3.8, 4) is 11.8 Å². The second-order valence-electron chi connectivity index (χ2n) is 8.16. The van der Waals surface area contributed by atoms with Gasteiger partial charge in [0.05, 0.1) is 23.4 Å². The van der Waals surface area contributed by atoms with Gasteiger partial charge in [-0.25, -0.2) is 0 Å². The first-order valence-corrected chi connectivity index (χ1v) is 12.9. The number of nitriles is 1. The summed E-state index contributed by atoms with van der Waals surface area (Å²) in [7, 11) is 0. The maximum atomic E-state index is 13.1. The van der Waals surface area contributed by atoms with Crippen LogP contribution < -0.4 is 20.7 Å². The molecule has 0 aliphatic rings. The first-order valence-electron chi connectivity index (χ1n) is 11.9. The van der Waals surface area contributed by atoms with E-state index in [1.54, 1.807) is 30.3 Å². The van der Waals surface area contributed by atoms with E-state index in [-0.39, 0.29) is 28.3 Å². The molecule has 0 aromatic heterocycles. The van der Waals surface area contributed by atoms with Crippen LogP contribution in [0.15, 0.2) is 89.5 Å². The SMILES string of the molecule is CCOc1ccc(NC(SCC(=O)NC(C)c2ccccc2)=C(C#N)C(=O)Nc2ccccc2C)cc1. The largest absolute Gasteiger partial charge is 0.494 e. The molecule has 7 nitrogen and oxygen atoms in total. The van der Waals surface area contributed by atoms with E-state index in [9.17, 15) is 14.9 Å². The first kappa shape index (κ1) is 27.4. The highest BCUT2D eigenvalue weighted by molar-refractivity contribution is 8.03. The van der Waals surface area contributed by atoms with Gasteiger partial charge in [0.15, 0.2) is 0 Å². The fourth-order valence-electron chi connectivity index (χ4n) is 3.45. The number of anilines is 2. The maximum absolute atomic E-state index is 13.1. The second kappa shape index (κ2) is 13.8. The van der Waals surface area contributed by atoms with Gasteiger partial charge in [-0.15, -0.1) is 0 Å². The van der Waals surface area contributed by atoms with Crippen LogP contribution in [0.5, 0.6) is 5.75 Å². The van der Waals surface area contributed by atoms with Crippen LogP contribution in [0.2, 0.25) is 0 Å². The van der Waals surface area contributed by atoms with Crippen molar-refractivity contribution >= 4 is 35.0 Å². The molecule has 1 atom stereocenters. The molecule has 3 aromatic carbocycles. The molecule has 190 valence electrons. The number of nitrogens with one attached hydrogen (secondary N) is 3. The fourth-order valence-corrected chi connectivity index (χ4v) is 4.28. The third-order valence-corrected chi connectivity index (χ3v) is 6.41. The van der Waals surface area contributed by atoms with Crippen LogP contribution in [-0.4, -0.2) is 24.2 Å². The van der Waals surface area contributed by atoms with Crippen molar-refractivity contribution in [3.05, 3.63) is 101 Å². The average molecular weight is 515 g/mol. The molecule has 0 saturated carbocycles. The number of ether oxygens (including phenoxy) is 1. The van der Waals surface area contributed by atoms with Crippen LogP contribution in [0.3, 0.4) is 0 Å². The number of thioether (sulfide) groups is 1. The number of hydrogen-bond donors (Lipinski definition) is 3. The zero-order valence-corrected chi connectivity index (χ0v) is 21.9. The molecular formula is C29H30N4O3S. The van der Waals surface area contributed by atoms with Gasteiger partial charge in [0.2, 0.25) is 5.91 Å². The Morgan fingerprint density at radius 1 is 0.973 bits per heavy atom. The highest BCUT2D eigenvalue weighted by atomic mass is 32.2. The molecule has 37 heavy (non-hydrogen) atoms. The first-order chi connectivity index (χ1) is 17.9. The summed E-state index contributed by atoms with van der Waals surface area (Å²) in [6, 6.07) is 26.0. The number of hydrogen-bond acceptors (Lipinski definition) is 6. The van der Waals surface area contributed by atoms with Crippen molar-refractivity contribution < 1.29 is 14.3 Å². The third-order valence-electron chi connectivity index (χ3n) is 5.41. The Kier molecular flexibility index (Phi) is 10.2. The zero-order valence-electron chi connectivity index (χ0n) is 21.1. The molecular weight excluding hydrogens is 484 g/mol. The van der Waals surface area contributed by atoms with E-state index in [1.165, 1.54) is 0 Å². The van der Waals surface area contributed by atoms with E-state index < -0.39 is 5.91 Å². The molecule has 0 saturated heterocycles. The molecule has 0 heterocycles. The Balaban J connectivity index is 1.81. The van der Waals surface area contributed by atoms with E-state index in [4.69, 9.17) is 4.74 Å². The predicted molar refractivity (Wildman–Crippen MR) is 149 cm³/mol. The number of carbonyl (C=O) groups is 2. The molecule has 3 aromatic rings. The third kappa shape index (κ3) is 8.16. The minimum atomic E-state index is -0.559. The molecule has 0 aliphatic heterocycles. The van der Waals surface area contributed by atoms with E-state index in [1.807, 2.05) is 75.4 Å². The van der Waals surface area contributed by atoms with Gasteiger partial charge < -0.3 is 20.7 Å². The van der Waals surface area contributed by atoms with E-state index >= 15 is 0 Å². The summed E-state index contributed by atoms with van der Waals surface area (Å²) in [5.74, 6) is -0.0580. The molecule has 1 unspecified atom stereocenters. The molecule has 0 aliphatic carbocycles. The Hall–Kier alpha value is -4.22. The van der Waals surface area contributed by atoms with Crippen molar-refractivity contribution in [1.82, 2.24) is 5.32 Å². The topological polar surface area (TPSA) is 103 Å². The minimum absolute atomic E-state index is 0.0133. The molecule has 0 radical (unpaired) electrons. The lowest BCUT2D eigenvalue weighted by atomic mass is 10.1. The highest BCUT2D eigenvalue weighted by Crippen LogP contribution is 2.26. The van der Waals surface area contributed by atoms with Crippen LogP contribution in [0, 0.1) is 18.3 Å². The lowest BCUT2D eigenvalue weighted by Crippen LogP contribution is -2.28. The monoisotopic (exact) mass is 514 g/mol. The lowest BCUT2D eigenvalue weighted by molar-refractivity contribution is -0.119. The highest BCUT2D eigenvalue weighted by Gasteiger charge is 2.19. The summed E-state index contributed by atoms with van der Waals surface area (Å²) < 4.78 is 5.49. The van der Waals surface area contributed by atoms with Crippen molar-refractivity contribution in [2.24, 2.45) is 0 Å². The van der Waals surface area contributed by atoms with Gasteiger partial charge in [0.1, 0.15) is 17.4 Å². The second-order valence-corrected chi connectivity index (χ2v) is 9.14. The Morgan fingerprint density at radius 2 is 1.65 bits per heavy atom. The van der Waals surface area contributed by atoms with Crippen molar-refractivity contribution in [3.63, 3.8) is 0 Å². The standard InChI is InChI=1S/C29H30N4O3S/c1-4-36-24-16-14-23(15-17-24)32-29(25(18-30)28(35)33-26-13-9-8-10-20(26)2)37-19-27(34)31-21(3)22-11-6-5-7-12-22/h5-17,21,32H,4,19H2,1-3H3,(H,31,34)(H,33,35). The van der Waals surface area contributed by atoms with Crippen LogP contribution >= 0.6 is 11.8 Å². The Morgan fingerprint density at radius 3 is 2.30 bits per heavy atom.